The van der Waals surface area contributed by atoms with Crippen LogP contribution in [0.3, 0.4) is 0 Å². The lowest BCUT2D eigenvalue weighted by molar-refractivity contribution is 0.763. The quantitative estimate of drug-likeness (QED) is 0.844. The molecule has 0 aromatic carbocycles. The van der Waals surface area contributed by atoms with Crippen LogP contribution >= 0.6 is 11.8 Å². The van der Waals surface area contributed by atoms with Crippen LogP contribution in [-0.2, 0) is 13.5 Å². The van der Waals surface area contributed by atoms with Crippen LogP contribution in [0.15, 0.2) is 16.5 Å². The smallest absolute Gasteiger partial charge is 0.197 e. The normalized spacial score (nSPS) is 10.7. The zero-order chi connectivity index (χ0) is 13.8. The van der Waals surface area contributed by atoms with Crippen molar-refractivity contribution in [2.45, 2.75) is 37.4 Å². The summed E-state index contributed by atoms with van der Waals surface area (Å²) in [6, 6.07) is 0. The molecule has 0 aliphatic rings. The van der Waals surface area contributed by atoms with Crippen LogP contribution in [0.2, 0.25) is 0 Å². The standard InChI is InChI=1S/C12H18N6S/c1-5-9-10(13-6-2)14-7-15-11(9)19-12-17-16-8(3)18(12)4/h7H,5-6H2,1-4H3,(H,13,14,15). The molecule has 102 valence electrons. The monoisotopic (exact) mass is 278 g/mol. The molecule has 0 atom stereocenters. The molecule has 2 aromatic heterocycles. The lowest BCUT2D eigenvalue weighted by Crippen LogP contribution is -2.05. The SMILES string of the molecule is CCNc1ncnc(Sc2nnc(C)n2C)c1CC. The topological polar surface area (TPSA) is 68.5 Å². The number of aryl methyl sites for hydroxylation is 1. The van der Waals surface area contributed by atoms with E-state index in [2.05, 4.69) is 39.3 Å². The van der Waals surface area contributed by atoms with Gasteiger partial charge < -0.3 is 9.88 Å². The van der Waals surface area contributed by atoms with E-state index in [-0.39, 0.29) is 0 Å². The highest BCUT2D eigenvalue weighted by atomic mass is 32.2. The van der Waals surface area contributed by atoms with E-state index in [1.807, 2.05) is 18.5 Å². The maximum Gasteiger partial charge on any atom is 0.197 e. The van der Waals surface area contributed by atoms with Crippen molar-refractivity contribution in [3.05, 3.63) is 17.7 Å². The maximum atomic E-state index is 4.37. The number of nitrogens with zero attached hydrogens (tertiary/aromatic N) is 5. The van der Waals surface area contributed by atoms with E-state index in [9.17, 15) is 0 Å². The van der Waals surface area contributed by atoms with Crippen LogP contribution in [0, 0.1) is 6.92 Å². The molecule has 0 fully saturated rings. The molecule has 2 rings (SSSR count). The van der Waals surface area contributed by atoms with E-state index < -0.39 is 0 Å². The second-order valence-corrected chi connectivity index (χ2v) is 5.04. The summed E-state index contributed by atoms with van der Waals surface area (Å²) in [5.41, 5.74) is 1.12. The van der Waals surface area contributed by atoms with E-state index in [0.29, 0.717) is 0 Å². The van der Waals surface area contributed by atoms with Crippen molar-refractivity contribution in [1.82, 2.24) is 24.7 Å². The highest BCUT2D eigenvalue weighted by molar-refractivity contribution is 7.99. The number of rotatable bonds is 5. The first-order valence-electron chi connectivity index (χ1n) is 6.28. The van der Waals surface area contributed by atoms with E-state index in [4.69, 9.17) is 0 Å². The molecule has 0 aliphatic carbocycles. The van der Waals surface area contributed by atoms with Gasteiger partial charge in [-0.25, -0.2) is 9.97 Å². The molecular formula is C12H18N6S. The highest BCUT2D eigenvalue weighted by Gasteiger charge is 2.14. The molecular weight excluding hydrogens is 260 g/mol. The third-order valence-electron chi connectivity index (χ3n) is 2.84. The van der Waals surface area contributed by atoms with Gasteiger partial charge in [-0.1, -0.05) is 6.92 Å². The summed E-state index contributed by atoms with van der Waals surface area (Å²) in [5.74, 6) is 1.79. The summed E-state index contributed by atoms with van der Waals surface area (Å²) in [4.78, 5) is 8.66. The van der Waals surface area contributed by atoms with Crippen molar-refractivity contribution < 1.29 is 0 Å². The molecule has 0 bridgehead atoms. The van der Waals surface area contributed by atoms with Gasteiger partial charge in [0, 0.05) is 19.2 Å². The third kappa shape index (κ3) is 2.86. The first-order valence-corrected chi connectivity index (χ1v) is 7.10. The molecule has 0 aliphatic heterocycles. The van der Waals surface area contributed by atoms with Gasteiger partial charge in [-0.3, -0.25) is 0 Å². The van der Waals surface area contributed by atoms with E-state index in [1.54, 1.807) is 6.33 Å². The van der Waals surface area contributed by atoms with Crippen LogP contribution in [-0.4, -0.2) is 31.3 Å². The Hall–Kier alpha value is -1.63. The van der Waals surface area contributed by atoms with Crippen molar-refractivity contribution in [1.29, 1.82) is 0 Å². The lowest BCUT2D eigenvalue weighted by Gasteiger charge is -2.11. The van der Waals surface area contributed by atoms with Gasteiger partial charge in [-0.15, -0.1) is 10.2 Å². The predicted octanol–water partition coefficient (Wildman–Crippen LogP) is 2.06. The van der Waals surface area contributed by atoms with Gasteiger partial charge in [0.25, 0.3) is 0 Å². The fraction of sp³-hybridized carbons (Fsp3) is 0.500. The zero-order valence-electron chi connectivity index (χ0n) is 11.6. The fourth-order valence-corrected chi connectivity index (χ4v) is 2.67. The van der Waals surface area contributed by atoms with Crippen molar-refractivity contribution in [3.63, 3.8) is 0 Å². The summed E-state index contributed by atoms with van der Waals surface area (Å²) in [7, 11) is 1.95. The number of hydrogen-bond acceptors (Lipinski definition) is 6. The molecule has 0 spiro atoms. The Morgan fingerprint density at radius 1 is 1.26 bits per heavy atom. The minimum absolute atomic E-state index is 0.841. The Kier molecular flexibility index (Phi) is 4.36. The first-order chi connectivity index (χ1) is 9.17. The molecule has 2 heterocycles. The number of aromatic nitrogens is 5. The Morgan fingerprint density at radius 3 is 2.63 bits per heavy atom. The van der Waals surface area contributed by atoms with Crippen molar-refractivity contribution in [2.75, 3.05) is 11.9 Å². The Balaban J connectivity index is 2.34. The highest BCUT2D eigenvalue weighted by Crippen LogP contribution is 2.30. The van der Waals surface area contributed by atoms with Gasteiger partial charge in [0.1, 0.15) is 23.0 Å². The first kappa shape index (κ1) is 13.8. The van der Waals surface area contributed by atoms with Crippen molar-refractivity contribution in [3.8, 4) is 0 Å². The molecule has 0 radical (unpaired) electrons. The average Bonchev–Trinajstić information content (AvgIpc) is 2.72. The van der Waals surface area contributed by atoms with Gasteiger partial charge in [0.05, 0.1) is 0 Å². The minimum atomic E-state index is 0.841. The van der Waals surface area contributed by atoms with Crippen LogP contribution in [0.25, 0.3) is 0 Å². The summed E-state index contributed by atoms with van der Waals surface area (Å²) < 4.78 is 1.96. The number of hydrogen-bond donors (Lipinski definition) is 1. The number of nitrogens with one attached hydrogen (secondary N) is 1. The Morgan fingerprint density at radius 2 is 2.05 bits per heavy atom. The van der Waals surface area contributed by atoms with Gasteiger partial charge in [0.2, 0.25) is 0 Å². The van der Waals surface area contributed by atoms with Gasteiger partial charge in [-0.05, 0) is 32.0 Å². The van der Waals surface area contributed by atoms with Crippen LogP contribution in [0.5, 0.6) is 0 Å². The van der Waals surface area contributed by atoms with Crippen LogP contribution < -0.4 is 5.32 Å². The molecule has 7 heteroatoms. The molecule has 0 unspecified atom stereocenters. The van der Waals surface area contributed by atoms with E-state index >= 15 is 0 Å². The van der Waals surface area contributed by atoms with Crippen molar-refractivity contribution >= 4 is 17.6 Å². The zero-order valence-corrected chi connectivity index (χ0v) is 12.5. The predicted molar refractivity (Wildman–Crippen MR) is 75.4 cm³/mol. The minimum Gasteiger partial charge on any atom is -0.370 e. The van der Waals surface area contributed by atoms with Crippen LogP contribution in [0.4, 0.5) is 5.82 Å². The third-order valence-corrected chi connectivity index (χ3v) is 3.93. The van der Waals surface area contributed by atoms with E-state index in [1.165, 1.54) is 11.8 Å². The Bertz CT molecular complexity index is 565. The average molecular weight is 278 g/mol. The number of anilines is 1. The molecule has 19 heavy (non-hydrogen) atoms. The van der Waals surface area contributed by atoms with Gasteiger partial charge in [-0.2, -0.15) is 0 Å². The fourth-order valence-electron chi connectivity index (χ4n) is 1.69. The second-order valence-electron chi connectivity index (χ2n) is 4.08. The van der Waals surface area contributed by atoms with Gasteiger partial charge >= 0.3 is 0 Å². The molecule has 0 saturated carbocycles. The lowest BCUT2D eigenvalue weighted by atomic mass is 10.2. The summed E-state index contributed by atoms with van der Waals surface area (Å²) in [5, 5.41) is 13.3. The Labute approximate surface area is 117 Å². The molecule has 2 aromatic rings. The molecule has 1 N–H and O–H groups in total. The second kappa shape index (κ2) is 6.01. The molecule has 6 nitrogen and oxygen atoms in total. The summed E-state index contributed by atoms with van der Waals surface area (Å²) in [6.07, 6.45) is 2.46. The maximum absolute atomic E-state index is 4.37. The van der Waals surface area contributed by atoms with E-state index in [0.717, 1.165) is 40.4 Å². The van der Waals surface area contributed by atoms with Crippen molar-refractivity contribution in [2.24, 2.45) is 7.05 Å². The molecule has 0 amide bonds. The summed E-state index contributed by atoms with van der Waals surface area (Å²) >= 11 is 1.52. The largest absolute Gasteiger partial charge is 0.370 e. The van der Waals surface area contributed by atoms with Gasteiger partial charge in [0.15, 0.2) is 5.16 Å². The molecule has 0 saturated heterocycles. The summed E-state index contributed by atoms with van der Waals surface area (Å²) in [6.45, 7) is 6.94. The van der Waals surface area contributed by atoms with Crippen LogP contribution in [0.1, 0.15) is 25.2 Å².